The van der Waals surface area contributed by atoms with E-state index in [1.54, 1.807) is 5.57 Å². The number of rotatable bonds is 0. The second-order valence-electron chi connectivity index (χ2n) is 3.53. The molecule has 0 nitrogen and oxygen atoms in total. The topological polar surface area (TPSA) is 0 Å². The van der Waals surface area contributed by atoms with Crippen LogP contribution in [-0.2, 0) is 0 Å². The molecule has 1 fully saturated rings. The molecule has 0 aliphatic heterocycles. The third-order valence-electron chi connectivity index (χ3n) is 2.77. The normalized spacial score (nSPS) is 40.8. The fourth-order valence-electron chi connectivity index (χ4n) is 1.98. The molecule has 0 amide bonds. The first-order chi connectivity index (χ1) is 4.36. The van der Waals surface area contributed by atoms with Crippen LogP contribution in [0.4, 0.5) is 0 Å². The summed E-state index contributed by atoms with van der Waals surface area (Å²) in [5, 5.41) is 0. The van der Waals surface area contributed by atoms with E-state index in [0.717, 1.165) is 11.8 Å². The van der Waals surface area contributed by atoms with Gasteiger partial charge in [0, 0.05) is 0 Å². The third-order valence-corrected chi connectivity index (χ3v) is 2.77. The Morgan fingerprint density at radius 1 is 1.33 bits per heavy atom. The van der Waals surface area contributed by atoms with Crippen molar-refractivity contribution < 1.29 is 0 Å². The standard InChI is InChI=1S/C9H14/c1-7-2-3-8-4-5-9(8)6-7/h6-8H,2-5H2,1H3. The number of allylic oxidation sites excluding steroid dienone is 2. The summed E-state index contributed by atoms with van der Waals surface area (Å²) in [5.41, 5.74) is 1.77. The summed E-state index contributed by atoms with van der Waals surface area (Å²) in [5.74, 6) is 1.91. The number of hydrogen-bond donors (Lipinski definition) is 0. The predicted molar refractivity (Wildman–Crippen MR) is 39.2 cm³/mol. The Kier molecular flexibility index (Phi) is 1.14. The van der Waals surface area contributed by atoms with E-state index in [-0.39, 0.29) is 0 Å². The van der Waals surface area contributed by atoms with Crippen LogP contribution in [0.1, 0.15) is 32.6 Å². The van der Waals surface area contributed by atoms with Crippen LogP contribution in [-0.4, -0.2) is 0 Å². The summed E-state index contributed by atoms with van der Waals surface area (Å²) in [6.45, 7) is 2.33. The smallest absolute Gasteiger partial charge is 0.0200 e. The maximum absolute atomic E-state index is 2.50. The van der Waals surface area contributed by atoms with E-state index in [0.29, 0.717) is 0 Å². The van der Waals surface area contributed by atoms with E-state index >= 15 is 0 Å². The summed E-state index contributed by atoms with van der Waals surface area (Å²) in [7, 11) is 0. The average Bonchev–Trinajstić information content (AvgIpc) is 1.78. The van der Waals surface area contributed by atoms with Gasteiger partial charge in [0.15, 0.2) is 0 Å². The monoisotopic (exact) mass is 122 g/mol. The summed E-state index contributed by atoms with van der Waals surface area (Å²) >= 11 is 0. The zero-order valence-corrected chi connectivity index (χ0v) is 6.06. The molecule has 0 aromatic heterocycles. The van der Waals surface area contributed by atoms with Gasteiger partial charge in [-0.2, -0.15) is 0 Å². The number of fused-ring (bicyclic) bond motifs is 1. The average molecular weight is 122 g/mol. The Morgan fingerprint density at radius 2 is 2.22 bits per heavy atom. The molecule has 2 unspecified atom stereocenters. The van der Waals surface area contributed by atoms with Crippen LogP contribution in [0.3, 0.4) is 0 Å². The van der Waals surface area contributed by atoms with E-state index < -0.39 is 0 Å². The van der Waals surface area contributed by atoms with Crippen molar-refractivity contribution in [1.82, 2.24) is 0 Å². The molecule has 9 heavy (non-hydrogen) atoms. The molecule has 50 valence electrons. The second-order valence-corrected chi connectivity index (χ2v) is 3.53. The SMILES string of the molecule is CC1C=C2CCC2CC1. The molecule has 0 N–H and O–H groups in total. The first kappa shape index (κ1) is 5.52. The lowest BCUT2D eigenvalue weighted by molar-refractivity contribution is 0.351. The maximum Gasteiger partial charge on any atom is -0.0200 e. The van der Waals surface area contributed by atoms with Gasteiger partial charge in [0.1, 0.15) is 0 Å². The molecular weight excluding hydrogens is 108 g/mol. The van der Waals surface area contributed by atoms with Gasteiger partial charge in [0.05, 0.1) is 0 Å². The van der Waals surface area contributed by atoms with Gasteiger partial charge in [0.2, 0.25) is 0 Å². The minimum atomic E-state index is 0.886. The molecule has 0 aromatic carbocycles. The molecule has 0 heteroatoms. The molecule has 0 aromatic rings. The van der Waals surface area contributed by atoms with Crippen molar-refractivity contribution in [3.05, 3.63) is 11.6 Å². The molecule has 2 atom stereocenters. The van der Waals surface area contributed by atoms with Gasteiger partial charge >= 0.3 is 0 Å². The van der Waals surface area contributed by atoms with Crippen molar-refractivity contribution in [2.75, 3.05) is 0 Å². The minimum Gasteiger partial charge on any atom is -0.0822 e. The quantitative estimate of drug-likeness (QED) is 0.433. The molecule has 2 aliphatic rings. The van der Waals surface area contributed by atoms with Crippen LogP contribution in [0.5, 0.6) is 0 Å². The van der Waals surface area contributed by atoms with Crippen LogP contribution < -0.4 is 0 Å². The Hall–Kier alpha value is -0.260. The van der Waals surface area contributed by atoms with E-state index in [1.807, 2.05) is 0 Å². The fraction of sp³-hybridized carbons (Fsp3) is 0.778. The van der Waals surface area contributed by atoms with Crippen LogP contribution in [0, 0.1) is 11.8 Å². The van der Waals surface area contributed by atoms with Crippen LogP contribution in [0.2, 0.25) is 0 Å². The molecule has 2 aliphatic carbocycles. The molecule has 1 saturated carbocycles. The van der Waals surface area contributed by atoms with Gasteiger partial charge in [-0.3, -0.25) is 0 Å². The summed E-state index contributed by atoms with van der Waals surface area (Å²) in [6.07, 6.45) is 8.31. The van der Waals surface area contributed by atoms with Crippen molar-refractivity contribution >= 4 is 0 Å². The zero-order valence-electron chi connectivity index (χ0n) is 6.06. The molecule has 2 rings (SSSR count). The molecule has 0 spiro atoms. The lowest BCUT2D eigenvalue weighted by atomic mass is 9.71. The maximum atomic E-state index is 2.50. The largest absolute Gasteiger partial charge is 0.0822 e. The summed E-state index contributed by atoms with van der Waals surface area (Å²) in [4.78, 5) is 0. The molecule has 0 heterocycles. The van der Waals surface area contributed by atoms with Crippen molar-refractivity contribution in [3.8, 4) is 0 Å². The Bertz CT molecular complexity index is 144. The highest BCUT2D eigenvalue weighted by Crippen LogP contribution is 2.42. The van der Waals surface area contributed by atoms with Gasteiger partial charge in [-0.25, -0.2) is 0 Å². The number of hydrogen-bond acceptors (Lipinski definition) is 0. The van der Waals surface area contributed by atoms with Crippen molar-refractivity contribution in [3.63, 3.8) is 0 Å². The van der Waals surface area contributed by atoms with E-state index in [2.05, 4.69) is 13.0 Å². The van der Waals surface area contributed by atoms with Gasteiger partial charge in [-0.05, 0) is 37.5 Å². The highest BCUT2D eigenvalue weighted by Gasteiger charge is 2.27. The second kappa shape index (κ2) is 1.86. The summed E-state index contributed by atoms with van der Waals surface area (Å²) in [6, 6.07) is 0. The predicted octanol–water partition coefficient (Wildman–Crippen LogP) is 2.75. The molecular formula is C9H14. The van der Waals surface area contributed by atoms with Crippen LogP contribution >= 0.6 is 0 Å². The minimum absolute atomic E-state index is 0.886. The van der Waals surface area contributed by atoms with Gasteiger partial charge in [0.25, 0.3) is 0 Å². The molecule has 0 bridgehead atoms. The van der Waals surface area contributed by atoms with E-state index in [4.69, 9.17) is 0 Å². The van der Waals surface area contributed by atoms with Crippen molar-refractivity contribution in [2.24, 2.45) is 11.8 Å². The highest BCUT2D eigenvalue weighted by atomic mass is 14.3. The first-order valence-electron chi connectivity index (χ1n) is 4.07. The fourth-order valence-corrected chi connectivity index (χ4v) is 1.98. The molecule has 0 saturated heterocycles. The Labute approximate surface area is 57.0 Å². The van der Waals surface area contributed by atoms with Crippen molar-refractivity contribution in [1.29, 1.82) is 0 Å². The Balaban J connectivity index is 2.13. The van der Waals surface area contributed by atoms with Gasteiger partial charge in [-0.1, -0.05) is 18.6 Å². The van der Waals surface area contributed by atoms with E-state index in [9.17, 15) is 0 Å². The third kappa shape index (κ3) is 0.810. The first-order valence-corrected chi connectivity index (χ1v) is 4.07. The van der Waals surface area contributed by atoms with E-state index in [1.165, 1.54) is 25.7 Å². The van der Waals surface area contributed by atoms with Crippen LogP contribution in [0.15, 0.2) is 11.6 Å². The lowest BCUT2D eigenvalue weighted by Crippen LogP contribution is -2.21. The lowest BCUT2D eigenvalue weighted by Gasteiger charge is -2.35. The van der Waals surface area contributed by atoms with Gasteiger partial charge < -0.3 is 0 Å². The molecule has 0 radical (unpaired) electrons. The van der Waals surface area contributed by atoms with Crippen LogP contribution in [0.25, 0.3) is 0 Å². The zero-order chi connectivity index (χ0) is 6.27. The Morgan fingerprint density at radius 3 is 2.67 bits per heavy atom. The summed E-state index contributed by atoms with van der Waals surface area (Å²) < 4.78 is 0. The van der Waals surface area contributed by atoms with Crippen molar-refractivity contribution in [2.45, 2.75) is 32.6 Å². The van der Waals surface area contributed by atoms with Gasteiger partial charge in [-0.15, -0.1) is 0 Å². The highest BCUT2D eigenvalue weighted by molar-refractivity contribution is 5.18.